The molecule has 0 heterocycles. The summed E-state index contributed by atoms with van der Waals surface area (Å²) in [5.41, 5.74) is 7.25. The number of hydrogen-bond acceptors (Lipinski definition) is 1. The molecule has 2 aromatic rings. The number of halogens is 1. The van der Waals surface area contributed by atoms with Crippen molar-refractivity contribution in [1.82, 2.24) is 0 Å². The standard InChI is InChI=1S/C15H14BrN/c1-2-3-4-15(17)13-6-5-12-10-14(16)8-7-11(12)9-13/h1,5-10,15H,3-4,17H2. The topological polar surface area (TPSA) is 26.0 Å². The van der Waals surface area contributed by atoms with E-state index in [1.807, 2.05) is 6.07 Å². The van der Waals surface area contributed by atoms with Crippen LogP contribution in [0.2, 0.25) is 0 Å². The zero-order valence-corrected chi connectivity index (χ0v) is 11.1. The molecule has 0 radical (unpaired) electrons. The molecule has 86 valence electrons. The Morgan fingerprint density at radius 3 is 2.65 bits per heavy atom. The summed E-state index contributed by atoms with van der Waals surface area (Å²) in [7, 11) is 0. The van der Waals surface area contributed by atoms with E-state index >= 15 is 0 Å². The fourth-order valence-electron chi connectivity index (χ4n) is 1.87. The lowest BCUT2D eigenvalue weighted by Gasteiger charge is -2.11. The van der Waals surface area contributed by atoms with Crippen LogP contribution in [0.25, 0.3) is 10.8 Å². The highest BCUT2D eigenvalue weighted by Gasteiger charge is 2.05. The molecule has 1 nitrogen and oxygen atoms in total. The van der Waals surface area contributed by atoms with E-state index in [1.165, 1.54) is 10.8 Å². The fraction of sp³-hybridized carbons (Fsp3) is 0.200. The first kappa shape index (κ1) is 12.2. The van der Waals surface area contributed by atoms with Gasteiger partial charge in [0.05, 0.1) is 0 Å². The average molecular weight is 288 g/mol. The van der Waals surface area contributed by atoms with Gasteiger partial charge in [0.15, 0.2) is 0 Å². The van der Waals surface area contributed by atoms with Crippen LogP contribution in [0.5, 0.6) is 0 Å². The van der Waals surface area contributed by atoms with Crippen molar-refractivity contribution in [2.24, 2.45) is 5.73 Å². The van der Waals surface area contributed by atoms with E-state index in [1.54, 1.807) is 0 Å². The van der Waals surface area contributed by atoms with Gasteiger partial charge in [-0.1, -0.05) is 34.1 Å². The summed E-state index contributed by atoms with van der Waals surface area (Å²) in [5.74, 6) is 2.63. The maximum Gasteiger partial charge on any atom is 0.0304 e. The Hall–Kier alpha value is -1.30. The zero-order chi connectivity index (χ0) is 12.3. The predicted molar refractivity (Wildman–Crippen MR) is 76.6 cm³/mol. The van der Waals surface area contributed by atoms with Crippen LogP contribution in [-0.4, -0.2) is 0 Å². The third kappa shape index (κ3) is 2.88. The zero-order valence-electron chi connectivity index (χ0n) is 9.49. The minimum Gasteiger partial charge on any atom is -0.324 e. The molecule has 0 saturated heterocycles. The summed E-state index contributed by atoms with van der Waals surface area (Å²) in [5, 5.41) is 2.43. The molecule has 0 aromatic heterocycles. The highest BCUT2D eigenvalue weighted by molar-refractivity contribution is 9.10. The van der Waals surface area contributed by atoms with E-state index < -0.39 is 0 Å². The summed E-state index contributed by atoms with van der Waals surface area (Å²) in [6.45, 7) is 0. The largest absolute Gasteiger partial charge is 0.324 e. The van der Waals surface area contributed by atoms with Gasteiger partial charge in [-0.15, -0.1) is 12.3 Å². The number of terminal acetylenes is 1. The maximum absolute atomic E-state index is 6.10. The Morgan fingerprint density at radius 2 is 1.88 bits per heavy atom. The van der Waals surface area contributed by atoms with Crippen molar-refractivity contribution >= 4 is 26.7 Å². The number of benzene rings is 2. The van der Waals surface area contributed by atoms with Gasteiger partial charge in [-0.05, 0) is 41.0 Å². The number of rotatable bonds is 3. The second-order valence-electron chi connectivity index (χ2n) is 4.10. The molecule has 2 aromatic carbocycles. The van der Waals surface area contributed by atoms with Gasteiger partial charge in [-0.25, -0.2) is 0 Å². The van der Waals surface area contributed by atoms with Gasteiger partial charge < -0.3 is 5.73 Å². The van der Waals surface area contributed by atoms with Gasteiger partial charge in [-0.2, -0.15) is 0 Å². The molecule has 0 amide bonds. The Bertz CT molecular complexity index is 569. The Morgan fingerprint density at radius 1 is 1.18 bits per heavy atom. The average Bonchev–Trinajstić information content (AvgIpc) is 2.35. The van der Waals surface area contributed by atoms with Crippen molar-refractivity contribution in [2.45, 2.75) is 18.9 Å². The lowest BCUT2D eigenvalue weighted by atomic mass is 9.99. The van der Waals surface area contributed by atoms with E-state index in [4.69, 9.17) is 12.2 Å². The summed E-state index contributed by atoms with van der Waals surface area (Å²) in [6, 6.07) is 12.6. The van der Waals surface area contributed by atoms with E-state index in [9.17, 15) is 0 Å². The Kier molecular flexibility index (Phi) is 3.83. The first-order chi connectivity index (χ1) is 8.20. The minimum absolute atomic E-state index is 0.0269. The van der Waals surface area contributed by atoms with Crippen LogP contribution in [0, 0.1) is 12.3 Å². The van der Waals surface area contributed by atoms with Gasteiger partial charge in [0, 0.05) is 16.9 Å². The number of hydrogen-bond donors (Lipinski definition) is 1. The first-order valence-corrected chi connectivity index (χ1v) is 6.38. The third-order valence-electron chi connectivity index (χ3n) is 2.85. The molecule has 0 aliphatic rings. The third-order valence-corrected chi connectivity index (χ3v) is 3.35. The maximum atomic E-state index is 6.10. The van der Waals surface area contributed by atoms with Crippen LogP contribution in [0.4, 0.5) is 0 Å². The van der Waals surface area contributed by atoms with Crippen molar-refractivity contribution in [3.63, 3.8) is 0 Å². The first-order valence-electron chi connectivity index (χ1n) is 5.59. The highest BCUT2D eigenvalue weighted by atomic mass is 79.9. The van der Waals surface area contributed by atoms with Crippen LogP contribution in [0.3, 0.4) is 0 Å². The van der Waals surface area contributed by atoms with Crippen molar-refractivity contribution in [3.05, 3.63) is 46.4 Å². The molecule has 0 fully saturated rings. The SMILES string of the molecule is C#CCCC(N)c1ccc2cc(Br)ccc2c1. The molecule has 2 N–H and O–H groups in total. The second kappa shape index (κ2) is 5.35. The van der Waals surface area contributed by atoms with E-state index in [0.717, 1.165) is 22.9 Å². The molecular formula is C15H14BrN. The van der Waals surface area contributed by atoms with E-state index in [-0.39, 0.29) is 6.04 Å². The molecule has 2 heteroatoms. The molecule has 0 aliphatic heterocycles. The van der Waals surface area contributed by atoms with Gasteiger partial charge in [0.25, 0.3) is 0 Å². The summed E-state index contributed by atoms with van der Waals surface area (Å²) in [4.78, 5) is 0. The summed E-state index contributed by atoms with van der Waals surface area (Å²) >= 11 is 3.47. The molecule has 2 rings (SSSR count). The molecule has 17 heavy (non-hydrogen) atoms. The lowest BCUT2D eigenvalue weighted by Crippen LogP contribution is -2.09. The van der Waals surface area contributed by atoms with Gasteiger partial charge >= 0.3 is 0 Å². The molecule has 1 unspecified atom stereocenters. The Labute approximate surface area is 110 Å². The van der Waals surface area contributed by atoms with Crippen molar-refractivity contribution in [2.75, 3.05) is 0 Å². The highest BCUT2D eigenvalue weighted by Crippen LogP contribution is 2.24. The predicted octanol–water partition coefficient (Wildman–Crippen LogP) is 4.02. The van der Waals surface area contributed by atoms with Crippen molar-refractivity contribution < 1.29 is 0 Å². The number of fused-ring (bicyclic) bond motifs is 1. The molecular weight excluding hydrogens is 274 g/mol. The summed E-state index contributed by atoms with van der Waals surface area (Å²) in [6.07, 6.45) is 6.80. The lowest BCUT2D eigenvalue weighted by molar-refractivity contribution is 0.669. The molecule has 0 aliphatic carbocycles. The molecule has 1 atom stereocenters. The van der Waals surface area contributed by atoms with Crippen molar-refractivity contribution in [1.29, 1.82) is 0 Å². The van der Waals surface area contributed by atoms with Gasteiger partial charge in [0.1, 0.15) is 0 Å². The van der Waals surface area contributed by atoms with Crippen LogP contribution in [-0.2, 0) is 0 Å². The fourth-order valence-corrected chi connectivity index (χ4v) is 2.25. The van der Waals surface area contributed by atoms with E-state index in [2.05, 4.69) is 52.2 Å². The quantitative estimate of drug-likeness (QED) is 0.848. The normalized spacial score (nSPS) is 12.3. The second-order valence-corrected chi connectivity index (χ2v) is 5.02. The van der Waals surface area contributed by atoms with Crippen LogP contribution >= 0.6 is 15.9 Å². The molecule has 0 spiro atoms. The molecule has 0 saturated carbocycles. The van der Waals surface area contributed by atoms with Gasteiger partial charge in [-0.3, -0.25) is 0 Å². The van der Waals surface area contributed by atoms with Gasteiger partial charge in [0.2, 0.25) is 0 Å². The smallest absolute Gasteiger partial charge is 0.0304 e. The van der Waals surface area contributed by atoms with E-state index in [0.29, 0.717) is 0 Å². The van der Waals surface area contributed by atoms with Crippen LogP contribution in [0.15, 0.2) is 40.9 Å². The van der Waals surface area contributed by atoms with Crippen molar-refractivity contribution in [3.8, 4) is 12.3 Å². The summed E-state index contributed by atoms with van der Waals surface area (Å²) < 4.78 is 1.09. The number of nitrogens with two attached hydrogens (primary N) is 1. The minimum atomic E-state index is 0.0269. The van der Waals surface area contributed by atoms with Crippen LogP contribution in [0.1, 0.15) is 24.4 Å². The Balaban J connectivity index is 2.32. The molecule has 0 bridgehead atoms. The van der Waals surface area contributed by atoms with Crippen LogP contribution < -0.4 is 5.73 Å². The monoisotopic (exact) mass is 287 g/mol.